The lowest BCUT2D eigenvalue weighted by Gasteiger charge is -2.40. The van der Waals surface area contributed by atoms with Gasteiger partial charge in [0.25, 0.3) is 0 Å². The minimum atomic E-state index is -0.830. The summed E-state index contributed by atoms with van der Waals surface area (Å²) in [6, 6.07) is 11.9. The molecule has 4 saturated heterocycles. The average Bonchev–Trinajstić information content (AvgIpc) is 3.54. The number of carbonyl (C=O) groups is 6. The lowest BCUT2D eigenvalue weighted by atomic mass is 9.86. The molecule has 4 aliphatic heterocycles. The van der Waals surface area contributed by atoms with Crippen molar-refractivity contribution in [2.75, 3.05) is 39.9 Å². The van der Waals surface area contributed by atoms with Gasteiger partial charge in [0.1, 0.15) is 35.7 Å². The fourth-order valence-corrected chi connectivity index (χ4v) is 11.6. The first-order chi connectivity index (χ1) is 29.0. The summed E-state index contributed by atoms with van der Waals surface area (Å²) in [7, 11) is 5.82. The molecule has 60 heavy (non-hydrogen) atoms. The first-order valence-electron chi connectivity index (χ1n) is 20.9. The molecule has 4 aliphatic rings. The number of amides is 4. The van der Waals surface area contributed by atoms with Gasteiger partial charge >= 0.3 is 11.9 Å². The fourth-order valence-electron chi connectivity index (χ4n) is 8.83. The highest BCUT2D eigenvalue weighted by Gasteiger charge is 2.45. The molecule has 0 radical (unpaired) electrons. The van der Waals surface area contributed by atoms with E-state index in [1.165, 1.54) is 14.2 Å². The average molecular weight is 867 g/mol. The second kappa shape index (κ2) is 21.4. The van der Waals surface area contributed by atoms with Gasteiger partial charge in [0, 0.05) is 11.8 Å². The number of fused-ring (bicyclic) bond motifs is 2. The van der Waals surface area contributed by atoms with Crippen molar-refractivity contribution in [3.8, 4) is 11.5 Å². The van der Waals surface area contributed by atoms with Crippen LogP contribution in [0.2, 0.25) is 0 Å². The molecule has 2 N–H and O–H groups in total. The van der Waals surface area contributed by atoms with E-state index in [4.69, 9.17) is 18.9 Å². The Bertz CT molecular complexity index is 1700. The topological polar surface area (TPSA) is 170 Å². The summed E-state index contributed by atoms with van der Waals surface area (Å²) in [5, 5.41) is 5.81. The van der Waals surface area contributed by atoms with Gasteiger partial charge in [-0.1, -0.05) is 24.3 Å². The van der Waals surface area contributed by atoms with Crippen molar-refractivity contribution in [1.82, 2.24) is 20.4 Å². The maximum Gasteiger partial charge on any atom is 0.328 e. The number of hydrogen-bond donors (Lipinski definition) is 2. The summed E-state index contributed by atoms with van der Waals surface area (Å²) < 4.78 is 20.9. The summed E-state index contributed by atoms with van der Waals surface area (Å²) in [5.74, 6) is -0.762. The van der Waals surface area contributed by atoms with E-state index >= 15 is 0 Å². The molecule has 0 unspecified atom stereocenters. The van der Waals surface area contributed by atoms with E-state index in [0.717, 1.165) is 36.8 Å². The molecule has 4 heterocycles. The zero-order chi connectivity index (χ0) is 42.8. The van der Waals surface area contributed by atoms with E-state index in [1.54, 1.807) is 47.5 Å². The second-order valence-electron chi connectivity index (χ2n) is 15.9. The number of esters is 2. The van der Waals surface area contributed by atoms with E-state index in [-0.39, 0.29) is 34.4 Å². The lowest BCUT2D eigenvalue weighted by molar-refractivity contribution is -0.156. The summed E-state index contributed by atoms with van der Waals surface area (Å²) in [6.45, 7) is 0. The number of nitrogens with zero attached hydrogens (tertiary/aromatic N) is 2. The number of benzene rings is 2. The van der Waals surface area contributed by atoms with Crippen LogP contribution in [0.3, 0.4) is 0 Å². The van der Waals surface area contributed by atoms with Crippen molar-refractivity contribution >= 4 is 59.1 Å². The molecule has 4 fully saturated rings. The van der Waals surface area contributed by atoms with Crippen LogP contribution in [-0.4, -0.2) is 120 Å². The number of hydrogen-bond acceptors (Lipinski definition) is 12. The molecule has 0 aliphatic carbocycles. The molecule has 0 spiro atoms. The summed E-state index contributed by atoms with van der Waals surface area (Å²) in [5.41, 5.74) is 1.77. The summed E-state index contributed by atoms with van der Waals surface area (Å²) in [6.07, 6.45) is 6.22. The van der Waals surface area contributed by atoms with Crippen LogP contribution < -0.4 is 20.1 Å². The van der Waals surface area contributed by atoms with Crippen LogP contribution in [0.15, 0.2) is 48.5 Å². The molecule has 326 valence electrons. The number of ether oxygens (including phenoxy) is 4. The highest BCUT2D eigenvalue weighted by molar-refractivity contribution is 8.00. The number of carbonyl (C=O) groups excluding carboxylic acids is 6. The van der Waals surface area contributed by atoms with E-state index < -0.39 is 47.9 Å². The third-order valence-corrected chi connectivity index (χ3v) is 14.8. The lowest BCUT2D eigenvalue weighted by Crippen LogP contribution is -2.58. The van der Waals surface area contributed by atoms with Gasteiger partial charge in [0.15, 0.2) is 0 Å². The van der Waals surface area contributed by atoms with E-state index in [2.05, 4.69) is 10.6 Å². The third kappa shape index (κ3) is 10.9. The monoisotopic (exact) mass is 866 g/mol. The number of thioether (sulfide) groups is 2. The zero-order valence-electron chi connectivity index (χ0n) is 34.9. The van der Waals surface area contributed by atoms with Gasteiger partial charge in [-0.05, 0) is 124 Å². The van der Waals surface area contributed by atoms with Crippen molar-refractivity contribution in [3.05, 3.63) is 59.7 Å². The van der Waals surface area contributed by atoms with Crippen LogP contribution in [0.4, 0.5) is 0 Å². The molecule has 6 rings (SSSR count). The molecule has 4 amide bonds. The largest absolute Gasteiger partial charge is 0.497 e. The maximum absolute atomic E-state index is 14.5. The van der Waals surface area contributed by atoms with E-state index in [1.807, 2.05) is 48.5 Å². The third-order valence-electron chi connectivity index (χ3n) is 12.2. The minimum absolute atomic E-state index is 0.171. The van der Waals surface area contributed by atoms with E-state index in [9.17, 15) is 28.8 Å². The number of piperidine rings is 2. The normalized spacial score (nSPS) is 25.3. The van der Waals surface area contributed by atoms with Crippen molar-refractivity contribution in [2.45, 2.75) is 112 Å². The van der Waals surface area contributed by atoms with Crippen LogP contribution in [0.1, 0.15) is 75.3 Å². The second-order valence-corrected chi connectivity index (χ2v) is 18.4. The number of rotatable bonds is 15. The zero-order valence-corrected chi connectivity index (χ0v) is 36.6. The first-order valence-corrected chi connectivity index (χ1v) is 23.0. The Kier molecular flexibility index (Phi) is 16.1. The molecule has 16 heteroatoms. The smallest absolute Gasteiger partial charge is 0.328 e. The number of methoxy groups -OCH3 is 4. The van der Waals surface area contributed by atoms with Crippen molar-refractivity contribution in [3.63, 3.8) is 0 Å². The Morgan fingerprint density at radius 1 is 0.600 bits per heavy atom. The highest BCUT2D eigenvalue weighted by Crippen LogP contribution is 2.37. The standard InChI is InChI=1S/C44H58N4O10S2/c1-55-31-17-11-27(12-18-31)25-29(39(49)45-33-21-23-59-37-9-5-7-35(43(53)57-3)47(37)41(33)51)15-16-30(26-28-13-19-32(56-2)20-14-28)40(50)46-34-22-24-60-38-10-6-8-36(44(54)58-4)48(38)42(34)52/h11-14,17-20,29-30,33-38H,5-10,15-16,21-26H2,1-4H3,(H,45,49)(H,46,50)/t29-,30-,33+,34+,35+,36+,37+,38+/m1/s1. The molecule has 0 saturated carbocycles. The maximum atomic E-state index is 14.5. The molecule has 0 bridgehead atoms. The number of nitrogens with one attached hydrogen (secondary N) is 2. The van der Waals surface area contributed by atoms with Gasteiger partial charge in [-0.3, -0.25) is 19.2 Å². The summed E-state index contributed by atoms with van der Waals surface area (Å²) in [4.78, 5) is 86.1. The van der Waals surface area contributed by atoms with Crippen molar-refractivity contribution < 1.29 is 47.7 Å². The Labute approximate surface area is 360 Å². The van der Waals surface area contributed by atoms with Crippen LogP contribution in [0, 0.1) is 11.8 Å². The van der Waals surface area contributed by atoms with Crippen LogP contribution >= 0.6 is 23.5 Å². The molecular formula is C44H58N4O10S2. The van der Waals surface area contributed by atoms with Gasteiger partial charge in [0.05, 0.1) is 39.2 Å². The Hall–Kier alpha value is -4.44. The van der Waals surface area contributed by atoms with Gasteiger partial charge in [-0.15, -0.1) is 23.5 Å². The van der Waals surface area contributed by atoms with Crippen molar-refractivity contribution in [2.24, 2.45) is 11.8 Å². The van der Waals surface area contributed by atoms with E-state index in [0.29, 0.717) is 74.4 Å². The molecule has 0 aromatic heterocycles. The van der Waals surface area contributed by atoms with Gasteiger partial charge in [-0.25, -0.2) is 9.59 Å². The summed E-state index contributed by atoms with van der Waals surface area (Å²) >= 11 is 3.25. The highest BCUT2D eigenvalue weighted by atomic mass is 32.2. The predicted octanol–water partition coefficient (Wildman–Crippen LogP) is 4.51. The minimum Gasteiger partial charge on any atom is -0.497 e. The molecule has 14 nitrogen and oxygen atoms in total. The van der Waals surface area contributed by atoms with Crippen LogP contribution in [0.25, 0.3) is 0 Å². The van der Waals surface area contributed by atoms with Crippen molar-refractivity contribution in [1.29, 1.82) is 0 Å². The SMILES string of the molecule is COC(=O)[C@@H]1CCC[C@@H]2SCC[C@H](NC(=O)[C@H](CC[C@H](Cc3ccc(OC)cc3)C(=O)N[C@H]3CCS[C@H]4CCC[C@@H](C(=O)OC)N4C3=O)Cc3ccc(OC)cc3)C(=O)N21. The van der Waals surface area contributed by atoms with Crippen LogP contribution in [-0.2, 0) is 51.1 Å². The first kappa shape index (κ1) is 45.1. The molecule has 8 atom stereocenters. The molecule has 2 aromatic carbocycles. The Balaban J connectivity index is 1.24. The van der Waals surface area contributed by atoms with Gasteiger partial charge in [-0.2, -0.15) is 0 Å². The fraction of sp³-hybridized carbons (Fsp3) is 0.591. The van der Waals surface area contributed by atoms with Crippen LogP contribution in [0.5, 0.6) is 11.5 Å². The Morgan fingerprint density at radius 2 is 0.983 bits per heavy atom. The Morgan fingerprint density at radius 3 is 1.33 bits per heavy atom. The van der Waals surface area contributed by atoms with Gasteiger partial charge < -0.3 is 39.4 Å². The predicted molar refractivity (Wildman–Crippen MR) is 228 cm³/mol. The quantitative estimate of drug-likeness (QED) is 0.241. The van der Waals surface area contributed by atoms with Gasteiger partial charge in [0.2, 0.25) is 23.6 Å². The molecular weight excluding hydrogens is 809 g/mol. The molecule has 2 aromatic rings.